The van der Waals surface area contributed by atoms with Gasteiger partial charge in [0.05, 0.1) is 9.08 Å². The summed E-state index contributed by atoms with van der Waals surface area (Å²) in [7, 11) is 0. The van der Waals surface area contributed by atoms with E-state index in [-0.39, 0.29) is 11.9 Å². The molecule has 0 aromatic carbocycles. The number of hydrogen-bond donors (Lipinski definition) is 2. The van der Waals surface area contributed by atoms with E-state index in [1.54, 1.807) is 6.20 Å². The van der Waals surface area contributed by atoms with Crippen LogP contribution in [0.25, 0.3) is 0 Å². The Kier molecular flexibility index (Phi) is 4.71. The van der Waals surface area contributed by atoms with Gasteiger partial charge in [-0.2, -0.15) is 0 Å². The van der Waals surface area contributed by atoms with Gasteiger partial charge in [-0.1, -0.05) is 0 Å². The third kappa shape index (κ3) is 3.36. The van der Waals surface area contributed by atoms with Crippen molar-refractivity contribution >= 4 is 39.8 Å². The second-order valence-corrected chi connectivity index (χ2v) is 6.90. The minimum Gasteiger partial charge on any atom is -0.368 e. The predicted molar refractivity (Wildman–Crippen MR) is 75.8 cm³/mol. The highest BCUT2D eigenvalue weighted by molar-refractivity contribution is 14.1. The van der Waals surface area contributed by atoms with Crippen LogP contribution in [0, 0.1) is 2.88 Å². The van der Waals surface area contributed by atoms with Crippen LogP contribution in [0.4, 0.5) is 0 Å². The molecule has 0 bridgehead atoms. The molecule has 5 nitrogen and oxygen atoms in total. The second kappa shape index (κ2) is 6.07. The number of carbonyl (C=O) groups is 1. The van der Waals surface area contributed by atoms with Crippen LogP contribution in [0.15, 0.2) is 6.20 Å². The molecule has 1 atom stereocenters. The van der Waals surface area contributed by atoms with Gasteiger partial charge in [0.2, 0.25) is 5.91 Å². The van der Waals surface area contributed by atoms with Crippen LogP contribution in [-0.4, -0.2) is 42.0 Å². The highest BCUT2D eigenvalue weighted by Crippen LogP contribution is 2.26. The lowest BCUT2D eigenvalue weighted by atomic mass is 10.2. The first-order valence-electron chi connectivity index (χ1n) is 5.54. The summed E-state index contributed by atoms with van der Waals surface area (Å²) in [5.74, 6) is -0.308. The first-order chi connectivity index (χ1) is 8.18. The molecule has 1 aliphatic heterocycles. The Balaban J connectivity index is 2.18. The number of hydrogen-bond acceptors (Lipinski definition) is 5. The van der Waals surface area contributed by atoms with Crippen LogP contribution in [-0.2, 0) is 4.79 Å². The summed E-state index contributed by atoms with van der Waals surface area (Å²) >= 11 is 3.75. The van der Waals surface area contributed by atoms with Gasteiger partial charge in [0, 0.05) is 19.6 Å². The number of amides is 1. The van der Waals surface area contributed by atoms with Gasteiger partial charge in [-0.25, -0.2) is 4.98 Å². The van der Waals surface area contributed by atoms with E-state index in [1.807, 2.05) is 0 Å². The van der Waals surface area contributed by atoms with Crippen LogP contribution < -0.4 is 11.1 Å². The van der Waals surface area contributed by atoms with Crippen molar-refractivity contribution in [3.8, 4) is 0 Å². The second-order valence-electron chi connectivity index (χ2n) is 3.95. The van der Waals surface area contributed by atoms with E-state index in [9.17, 15) is 4.79 Å². The highest BCUT2D eigenvalue weighted by atomic mass is 127. The maximum Gasteiger partial charge on any atom is 0.241 e. The van der Waals surface area contributed by atoms with Gasteiger partial charge in [-0.15, -0.1) is 11.3 Å². The Morgan fingerprint density at radius 2 is 2.41 bits per heavy atom. The minimum absolute atomic E-state index is 0.308. The summed E-state index contributed by atoms with van der Waals surface area (Å²) in [6, 6.07) is -0.372. The maximum absolute atomic E-state index is 11.6. The maximum atomic E-state index is 11.6. The molecule has 3 N–H and O–H groups in total. The quantitative estimate of drug-likeness (QED) is 0.768. The standard InChI is InChI=1S/C10H15IN4OS/c11-7-6-14-10(17-7)8(9(12)16)15-4-1-2-13-3-5-15/h6,8,13H,1-5H2,(H2,12,16). The Bertz CT molecular complexity index is 389. The summed E-state index contributed by atoms with van der Waals surface area (Å²) < 4.78 is 1.08. The van der Waals surface area contributed by atoms with Gasteiger partial charge >= 0.3 is 0 Å². The monoisotopic (exact) mass is 366 g/mol. The molecule has 0 saturated carbocycles. The van der Waals surface area contributed by atoms with E-state index in [1.165, 1.54) is 11.3 Å². The first-order valence-corrected chi connectivity index (χ1v) is 7.43. The zero-order valence-corrected chi connectivity index (χ0v) is 12.3. The van der Waals surface area contributed by atoms with Gasteiger partial charge in [0.15, 0.2) is 0 Å². The number of primary amides is 1. The molecule has 1 amide bonds. The molecule has 1 saturated heterocycles. The lowest BCUT2D eigenvalue weighted by Gasteiger charge is -2.26. The molecule has 0 radical (unpaired) electrons. The summed E-state index contributed by atoms with van der Waals surface area (Å²) in [6.07, 6.45) is 2.82. The molecule has 2 heterocycles. The number of nitrogens with zero attached hydrogens (tertiary/aromatic N) is 2. The number of halogens is 1. The predicted octanol–water partition coefficient (Wildman–Crippen LogP) is 0.569. The van der Waals surface area contributed by atoms with Crippen LogP contribution in [0.5, 0.6) is 0 Å². The lowest BCUT2D eigenvalue weighted by Crippen LogP contribution is -2.39. The normalized spacial score (nSPS) is 19.8. The van der Waals surface area contributed by atoms with E-state index in [4.69, 9.17) is 5.73 Å². The Labute approximate surface area is 118 Å². The van der Waals surface area contributed by atoms with Crippen LogP contribution in [0.3, 0.4) is 0 Å². The van der Waals surface area contributed by atoms with E-state index < -0.39 is 0 Å². The zero-order valence-electron chi connectivity index (χ0n) is 9.36. The van der Waals surface area contributed by atoms with Crippen molar-refractivity contribution in [2.45, 2.75) is 12.5 Å². The summed E-state index contributed by atoms with van der Waals surface area (Å²) in [5, 5.41) is 4.12. The van der Waals surface area contributed by atoms with Gasteiger partial charge in [0.1, 0.15) is 11.0 Å². The third-order valence-electron chi connectivity index (χ3n) is 2.74. The number of nitrogens with one attached hydrogen (secondary N) is 1. The zero-order chi connectivity index (χ0) is 12.3. The first kappa shape index (κ1) is 13.2. The topological polar surface area (TPSA) is 71.2 Å². The molecule has 1 fully saturated rings. The largest absolute Gasteiger partial charge is 0.368 e. The van der Waals surface area contributed by atoms with Crippen molar-refractivity contribution in [2.75, 3.05) is 26.2 Å². The Morgan fingerprint density at radius 1 is 1.59 bits per heavy atom. The molecule has 1 aromatic heterocycles. The molecule has 17 heavy (non-hydrogen) atoms. The number of aromatic nitrogens is 1. The summed E-state index contributed by atoms with van der Waals surface area (Å²) in [5.41, 5.74) is 5.52. The molecule has 7 heteroatoms. The molecule has 0 spiro atoms. The Morgan fingerprint density at radius 3 is 3.06 bits per heavy atom. The van der Waals surface area contributed by atoms with Gasteiger partial charge in [0.25, 0.3) is 0 Å². The van der Waals surface area contributed by atoms with E-state index in [2.05, 4.69) is 37.8 Å². The number of carbonyl (C=O) groups excluding carboxylic acids is 1. The van der Waals surface area contributed by atoms with Crippen molar-refractivity contribution in [1.29, 1.82) is 0 Å². The fourth-order valence-corrected chi connectivity index (χ4v) is 3.58. The Hall–Kier alpha value is -0.250. The number of nitrogens with two attached hydrogens (primary N) is 1. The third-order valence-corrected chi connectivity index (χ3v) is 4.52. The van der Waals surface area contributed by atoms with E-state index >= 15 is 0 Å². The molecule has 1 aromatic rings. The van der Waals surface area contributed by atoms with Gasteiger partial charge in [-0.05, 0) is 35.6 Å². The van der Waals surface area contributed by atoms with Crippen molar-refractivity contribution in [3.63, 3.8) is 0 Å². The van der Waals surface area contributed by atoms with Crippen LogP contribution in [0.1, 0.15) is 17.5 Å². The van der Waals surface area contributed by atoms with Crippen LogP contribution in [0.2, 0.25) is 0 Å². The van der Waals surface area contributed by atoms with Gasteiger partial charge in [-0.3, -0.25) is 9.69 Å². The van der Waals surface area contributed by atoms with E-state index in [0.29, 0.717) is 0 Å². The fraction of sp³-hybridized carbons (Fsp3) is 0.600. The molecule has 1 aliphatic rings. The van der Waals surface area contributed by atoms with Crippen molar-refractivity contribution in [2.24, 2.45) is 5.73 Å². The molecular weight excluding hydrogens is 351 g/mol. The molecular formula is C10H15IN4OS. The average Bonchev–Trinajstić information content (AvgIpc) is 2.53. The SMILES string of the molecule is NC(=O)C(c1ncc(I)s1)N1CCCNCC1. The molecule has 1 unspecified atom stereocenters. The molecule has 94 valence electrons. The fourth-order valence-electron chi connectivity index (χ4n) is 1.98. The molecule has 2 rings (SSSR count). The summed E-state index contributed by atoms with van der Waals surface area (Å²) in [6.45, 7) is 3.62. The highest BCUT2D eigenvalue weighted by Gasteiger charge is 2.28. The summed E-state index contributed by atoms with van der Waals surface area (Å²) in [4.78, 5) is 18.1. The van der Waals surface area contributed by atoms with Gasteiger partial charge < -0.3 is 11.1 Å². The smallest absolute Gasteiger partial charge is 0.241 e. The average molecular weight is 366 g/mol. The lowest BCUT2D eigenvalue weighted by molar-refractivity contribution is -0.123. The minimum atomic E-state index is -0.372. The van der Waals surface area contributed by atoms with Crippen molar-refractivity contribution in [1.82, 2.24) is 15.2 Å². The van der Waals surface area contributed by atoms with Crippen molar-refractivity contribution < 1.29 is 4.79 Å². The van der Waals surface area contributed by atoms with Crippen LogP contribution >= 0.6 is 33.9 Å². The molecule has 0 aliphatic carbocycles. The number of thiazole rings is 1. The van der Waals surface area contributed by atoms with E-state index in [0.717, 1.165) is 40.5 Å². The van der Waals surface area contributed by atoms with Crippen molar-refractivity contribution in [3.05, 3.63) is 14.1 Å². The number of rotatable bonds is 3.